The molecule has 80 heavy (non-hydrogen) atoms. The van der Waals surface area contributed by atoms with Crippen LogP contribution in [0.5, 0.6) is 28.7 Å². The van der Waals surface area contributed by atoms with Crippen LogP contribution in [0.3, 0.4) is 0 Å². The molecule has 0 amide bonds. The number of benzene rings is 3. The van der Waals surface area contributed by atoms with Crippen molar-refractivity contribution in [1.29, 1.82) is 0 Å². The van der Waals surface area contributed by atoms with Crippen LogP contribution >= 0.6 is 21.6 Å². The number of allylic oxidation sites excluding steroid dienone is 3. The van der Waals surface area contributed by atoms with Gasteiger partial charge in [0.1, 0.15) is 42.0 Å². The number of aromatic hydroxyl groups is 2. The zero-order chi connectivity index (χ0) is 55.2. The summed E-state index contributed by atoms with van der Waals surface area (Å²) in [4.78, 5) is 13.2. The van der Waals surface area contributed by atoms with Gasteiger partial charge in [-0.3, -0.25) is 4.79 Å². The quantitative estimate of drug-likeness (QED) is 0.0576. The van der Waals surface area contributed by atoms with Gasteiger partial charge < -0.3 is 65.8 Å². The van der Waals surface area contributed by atoms with E-state index >= 15 is 0 Å². The molecule has 9 N–H and O–H groups in total. The maximum atomic E-state index is 13.4. The van der Waals surface area contributed by atoms with E-state index in [1.54, 1.807) is 20.3 Å². The Morgan fingerprint density at radius 3 is 2.67 bits per heavy atom. The molecular formula is C64H76N4O10S2. The number of nitrogens with one attached hydrogen (secondary N) is 3. The third kappa shape index (κ3) is 10.5. The molecule has 9 aliphatic rings. The average molecular weight is 1130 g/mol. The number of carbonyl (C=O) groups excluding carboxylic acids is 1. The van der Waals surface area contributed by atoms with Crippen LogP contribution in [0.25, 0.3) is 17.2 Å². The Morgan fingerprint density at radius 2 is 1.85 bits per heavy atom. The van der Waals surface area contributed by atoms with Gasteiger partial charge in [-0.05, 0) is 116 Å². The summed E-state index contributed by atoms with van der Waals surface area (Å²) < 4.78 is 33.4. The van der Waals surface area contributed by atoms with Crippen molar-refractivity contribution in [2.45, 2.75) is 132 Å². The standard InChI is InChI=1S/C64H76N4O10S2/c1-35(71)76-32-50-45-13-14-46-56-41(24-44(72)25-53(56)75-3)27-64-20-19-36(26-64)22-40-12-18-55(65)68-51(40)16-11-39-10-9-38(7-5-21-69)49(31-74-2)42(30-70)28-66-29-48-57(39)58(61(50)78-62(45)59(46)64)47-15-17-52-54(77-63(47)60(48)73)34-80-79-33-37-6-4-8-43(23-37)67-52/h12-15,17-18,24-25,36-39,42-43,49-50,52,54-55,61,66-70,72-73H,4-8,19-23,26-34,65H2,1-3H3. The number of hydrogen-bond donors (Lipinski definition) is 8. The molecule has 6 heterocycles. The lowest BCUT2D eigenvalue weighted by atomic mass is 9.65. The minimum atomic E-state index is -0.866. The van der Waals surface area contributed by atoms with Gasteiger partial charge in [0.15, 0.2) is 11.5 Å². The van der Waals surface area contributed by atoms with Crippen molar-refractivity contribution in [2.75, 3.05) is 58.7 Å². The molecule has 0 radical (unpaired) electrons. The first-order chi connectivity index (χ1) is 39.0. The maximum Gasteiger partial charge on any atom is 0.302 e. The van der Waals surface area contributed by atoms with Crippen molar-refractivity contribution in [1.82, 2.24) is 16.0 Å². The first kappa shape index (κ1) is 55.3. The van der Waals surface area contributed by atoms with Crippen molar-refractivity contribution in [3.8, 4) is 63.6 Å². The topological polar surface area (TPSA) is 206 Å². The highest BCUT2D eigenvalue weighted by Crippen LogP contribution is 2.64. The number of ether oxygens (including phenoxy) is 5. The normalized spacial score (nSPS) is 31.7. The van der Waals surface area contributed by atoms with Crippen LogP contribution < -0.4 is 35.9 Å². The van der Waals surface area contributed by atoms with E-state index in [-0.39, 0.29) is 73.7 Å². The second-order valence-electron chi connectivity index (χ2n) is 23.8. The Balaban J connectivity index is 1.16. The molecule has 6 aliphatic heterocycles. The number of methoxy groups -OCH3 is 2. The molecule has 3 aromatic carbocycles. The van der Waals surface area contributed by atoms with Crippen molar-refractivity contribution < 1.29 is 48.9 Å². The molecule has 3 aliphatic carbocycles. The predicted molar refractivity (Wildman–Crippen MR) is 312 cm³/mol. The first-order valence-corrected chi connectivity index (χ1v) is 31.5. The minimum absolute atomic E-state index is 0.00151. The van der Waals surface area contributed by atoms with Crippen LogP contribution in [0.2, 0.25) is 0 Å². The molecule has 424 valence electrons. The van der Waals surface area contributed by atoms with Gasteiger partial charge in [-0.2, -0.15) is 0 Å². The molecule has 2 saturated carbocycles. The van der Waals surface area contributed by atoms with Crippen LogP contribution in [0.4, 0.5) is 0 Å². The van der Waals surface area contributed by atoms with Crippen LogP contribution in [-0.4, -0.2) is 109 Å². The van der Waals surface area contributed by atoms with E-state index < -0.39 is 35.5 Å². The molecule has 3 aromatic rings. The highest BCUT2D eigenvalue weighted by molar-refractivity contribution is 8.76. The van der Waals surface area contributed by atoms with Gasteiger partial charge >= 0.3 is 5.97 Å². The summed E-state index contributed by atoms with van der Waals surface area (Å²) in [5.41, 5.74) is 15.6. The molecular weight excluding hydrogens is 1050 g/mol. The number of aliphatic hydroxyl groups is 2. The fraction of sp³-hybridized carbons (Fsp3) is 0.547. The molecule has 1 saturated heterocycles. The second-order valence-corrected chi connectivity index (χ2v) is 26.3. The Labute approximate surface area is 478 Å². The van der Waals surface area contributed by atoms with E-state index in [9.17, 15) is 25.2 Å². The van der Waals surface area contributed by atoms with Gasteiger partial charge in [-0.25, -0.2) is 0 Å². The number of carbonyl (C=O) groups is 1. The van der Waals surface area contributed by atoms with Crippen LogP contribution in [0, 0.1) is 53.3 Å². The zero-order valence-electron chi connectivity index (χ0n) is 46.1. The third-order valence-corrected chi connectivity index (χ3v) is 21.3. The van der Waals surface area contributed by atoms with Crippen LogP contribution in [0.1, 0.15) is 128 Å². The Kier molecular flexibility index (Phi) is 16.3. The lowest BCUT2D eigenvalue weighted by molar-refractivity contribution is -0.141. The average Bonchev–Trinajstić information content (AvgIpc) is 2.87. The smallest absolute Gasteiger partial charge is 0.302 e. The summed E-state index contributed by atoms with van der Waals surface area (Å²) in [6.45, 7) is 2.14. The van der Waals surface area contributed by atoms with Crippen molar-refractivity contribution in [3.63, 3.8) is 0 Å². The molecule has 3 fully saturated rings. The van der Waals surface area contributed by atoms with E-state index in [0.29, 0.717) is 78.3 Å². The maximum absolute atomic E-state index is 13.4. The third-order valence-electron chi connectivity index (χ3n) is 18.8. The lowest BCUT2D eigenvalue weighted by Gasteiger charge is -2.39. The van der Waals surface area contributed by atoms with E-state index in [1.807, 2.05) is 33.7 Å². The monoisotopic (exact) mass is 1120 g/mol. The van der Waals surface area contributed by atoms with Crippen molar-refractivity contribution >= 4 is 33.6 Å². The first-order valence-electron chi connectivity index (χ1n) is 29.0. The Bertz CT molecular complexity index is 3120. The van der Waals surface area contributed by atoms with Crippen molar-refractivity contribution in [3.05, 3.63) is 92.7 Å². The Morgan fingerprint density at radius 1 is 0.975 bits per heavy atom. The highest BCUT2D eigenvalue weighted by Gasteiger charge is 2.52. The number of aliphatic hydroxyl groups excluding tert-OH is 2. The van der Waals surface area contributed by atoms with Gasteiger partial charge in [0.2, 0.25) is 0 Å². The SMILES string of the molecule is COCC1C(CCCO)C#CC2C#CC3=C(C=CC(N)N3)CC3CCC4(Cc5cc(O)cc(OC)c5-c5ccc6c(c54)OC(c4c5c(c(O)c(c42)CNCC1CO)OC1CSSCC2CCCC(C2)NC1C=C5)C6COC(C)=O)C3. The predicted octanol–water partition coefficient (Wildman–Crippen LogP) is 8.39. The van der Waals surface area contributed by atoms with E-state index in [2.05, 4.69) is 70.0 Å². The van der Waals surface area contributed by atoms with E-state index in [4.69, 9.17) is 29.4 Å². The number of phenols is 2. The molecule has 13 unspecified atom stereocenters. The summed E-state index contributed by atoms with van der Waals surface area (Å²) in [6, 6.07) is 8.00. The second kappa shape index (κ2) is 23.5. The molecule has 6 bridgehead atoms. The van der Waals surface area contributed by atoms with Gasteiger partial charge in [0, 0.05) is 121 Å². The molecule has 0 aromatic heterocycles. The zero-order valence-corrected chi connectivity index (χ0v) is 47.7. The van der Waals surface area contributed by atoms with Gasteiger partial charge in [0.05, 0.1) is 37.5 Å². The minimum Gasteiger partial charge on any atom is -0.508 e. The van der Waals surface area contributed by atoms with Gasteiger partial charge in [0.25, 0.3) is 0 Å². The molecule has 1 spiro atoms. The largest absolute Gasteiger partial charge is 0.508 e. The fourth-order valence-electron chi connectivity index (χ4n) is 15.1. The summed E-state index contributed by atoms with van der Waals surface area (Å²) in [5, 5.41) is 57.3. The number of nitrogens with two attached hydrogens (primary N) is 1. The molecule has 12 rings (SSSR count). The highest BCUT2D eigenvalue weighted by atomic mass is 33.1. The number of dihydropyridines is 1. The lowest BCUT2D eigenvalue weighted by Crippen LogP contribution is -2.49. The van der Waals surface area contributed by atoms with Gasteiger partial charge in [-0.15, -0.1) is 0 Å². The van der Waals surface area contributed by atoms with Crippen LogP contribution in [-0.2, 0) is 32.6 Å². The molecule has 16 heteroatoms. The number of hydrogen-bond acceptors (Lipinski definition) is 16. The van der Waals surface area contributed by atoms with Crippen molar-refractivity contribution in [2.24, 2.45) is 35.3 Å². The number of fused-ring (bicyclic) bond motifs is 10. The summed E-state index contributed by atoms with van der Waals surface area (Å²) in [7, 11) is 7.04. The molecule has 13 atom stereocenters. The number of esters is 1. The molecule has 14 nitrogen and oxygen atoms in total. The summed E-state index contributed by atoms with van der Waals surface area (Å²) in [5.74, 6) is 16.6. The number of rotatable bonds is 9. The summed E-state index contributed by atoms with van der Waals surface area (Å²) in [6.07, 6.45) is 16.4. The van der Waals surface area contributed by atoms with E-state index in [1.165, 1.54) is 19.8 Å². The van der Waals surface area contributed by atoms with Gasteiger partial charge in [-0.1, -0.05) is 76.1 Å². The number of phenolic OH excluding ortho intramolecular Hbond substituents is 2. The summed E-state index contributed by atoms with van der Waals surface area (Å²) >= 11 is 0. The fourth-order valence-corrected chi connectivity index (χ4v) is 17.8. The van der Waals surface area contributed by atoms with Crippen LogP contribution in [0.15, 0.2) is 53.8 Å². The Hall–Kier alpha value is -5.27. The van der Waals surface area contributed by atoms with E-state index in [0.717, 1.165) is 94.7 Å².